The van der Waals surface area contributed by atoms with Crippen molar-refractivity contribution in [3.8, 4) is 34.0 Å². The number of hydrogen-bond donors (Lipinski definition) is 1. The number of thioether (sulfide) groups is 1. The van der Waals surface area contributed by atoms with E-state index in [0.717, 1.165) is 16.8 Å². The fourth-order valence-corrected chi connectivity index (χ4v) is 4.95. The van der Waals surface area contributed by atoms with Crippen LogP contribution < -0.4 is 11.3 Å². The van der Waals surface area contributed by atoms with Crippen LogP contribution in [0.3, 0.4) is 0 Å². The molecule has 0 atom stereocenters. The number of fused-ring (bicyclic) bond motifs is 1. The number of hydrogen-bond acceptors (Lipinski definition) is 7. The van der Waals surface area contributed by atoms with E-state index in [1.807, 2.05) is 60.9 Å². The average Bonchev–Trinajstić information content (AvgIpc) is 3.33. The summed E-state index contributed by atoms with van der Waals surface area (Å²) in [5.74, 6) is 0.678. The molecule has 38 heavy (non-hydrogen) atoms. The molecule has 3 aromatic carbocycles. The van der Waals surface area contributed by atoms with Crippen molar-refractivity contribution in [2.75, 3.05) is 12.0 Å². The summed E-state index contributed by atoms with van der Waals surface area (Å²) in [4.78, 5) is 27.5. The molecule has 0 amide bonds. The minimum Gasteiger partial charge on any atom is -0.368 e. The molecule has 0 aliphatic rings. The second-order valence-electron chi connectivity index (χ2n) is 8.39. The standard InChI is InChI=1S/C28H20ClN7OS/c1-38-26-23-25(36(34-26)21-5-3-2-4-6-21)33-24(35(27(23)37)20-13-11-19(29)12-14-20)18-9-7-17(8-10-18)22-15-16-31-28(30)32-22/h2-16H,1H3,(H2,30,31,32). The molecule has 0 fully saturated rings. The molecule has 8 nitrogen and oxygen atoms in total. The summed E-state index contributed by atoms with van der Waals surface area (Å²) in [6, 6.07) is 26.2. The van der Waals surface area contributed by atoms with Gasteiger partial charge in [0.15, 0.2) is 5.65 Å². The SMILES string of the molecule is CSc1nn(-c2ccccc2)c2nc(-c3ccc(-c4ccnc(N)n4)cc3)n(-c3ccc(Cl)cc3)c(=O)c12. The second kappa shape index (κ2) is 9.77. The zero-order valence-electron chi connectivity index (χ0n) is 20.1. The third kappa shape index (κ3) is 4.21. The molecule has 0 spiro atoms. The highest BCUT2D eigenvalue weighted by atomic mass is 35.5. The van der Waals surface area contributed by atoms with Crippen molar-refractivity contribution < 1.29 is 0 Å². The molecule has 6 rings (SSSR count). The van der Waals surface area contributed by atoms with Gasteiger partial charge in [0.05, 0.1) is 17.1 Å². The summed E-state index contributed by atoms with van der Waals surface area (Å²) < 4.78 is 3.32. The summed E-state index contributed by atoms with van der Waals surface area (Å²) in [5.41, 5.74) is 9.81. The van der Waals surface area contributed by atoms with Gasteiger partial charge in [-0.05, 0) is 48.7 Å². The average molecular weight is 538 g/mol. The van der Waals surface area contributed by atoms with Crippen LogP contribution in [0.25, 0.3) is 45.1 Å². The predicted octanol–water partition coefficient (Wildman–Crippen LogP) is 5.65. The Kier molecular flexibility index (Phi) is 6.15. The molecule has 0 saturated carbocycles. The molecule has 2 N–H and O–H groups in total. The van der Waals surface area contributed by atoms with Crippen molar-refractivity contribution in [2.24, 2.45) is 0 Å². The van der Waals surface area contributed by atoms with Crippen LogP contribution in [0.15, 0.2) is 101 Å². The minimum absolute atomic E-state index is 0.203. The number of aromatic nitrogens is 6. The molecule has 0 bridgehead atoms. The van der Waals surface area contributed by atoms with Crippen LogP contribution in [-0.4, -0.2) is 35.6 Å². The van der Waals surface area contributed by atoms with E-state index < -0.39 is 0 Å². The zero-order valence-corrected chi connectivity index (χ0v) is 21.7. The fourth-order valence-electron chi connectivity index (χ4n) is 4.28. The summed E-state index contributed by atoms with van der Waals surface area (Å²) in [6.45, 7) is 0. The van der Waals surface area contributed by atoms with Crippen LogP contribution >= 0.6 is 23.4 Å². The monoisotopic (exact) mass is 537 g/mol. The van der Waals surface area contributed by atoms with E-state index in [4.69, 9.17) is 27.4 Å². The largest absolute Gasteiger partial charge is 0.368 e. The van der Waals surface area contributed by atoms with Crippen LogP contribution in [0.1, 0.15) is 0 Å². The summed E-state index contributed by atoms with van der Waals surface area (Å²) >= 11 is 7.57. The van der Waals surface area contributed by atoms with Crippen LogP contribution in [0, 0.1) is 0 Å². The van der Waals surface area contributed by atoms with Gasteiger partial charge in [-0.2, -0.15) is 5.10 Å². The van der Waals surface area contributed by atoms with Crippen molar-refractivity contribution in [3.05, 3.63) is 107 Å². The third-order valence-electron chi connectivity index (χ3n) is 6.06. The minimum atomic E-state index is -0.216. The lowest BCUT2D eigenvalue weighted by Gasteiger charge is -2.14. The van der Waals surface area contributed by atoms with Crippen LogP contribution in [0.4, 0.5) is 5.95 Å². The summed E-state index contributed by atoms with van der Waals surface area (Å²) in [5, 5.41) is 6.37. The van der Waals surface area contributed by atoms with E-state index in [0.29, 0.717) is 38.3 Å². The Morgan fingerprint density at radius 1 is 0.842 bits per heavy atom. The molecule has 10 heteroatoms. The first-order chi connectivity index (χ1) is 18.5. The maximum atomic E-state index is 14.2. The van der Waals surface area contributed by atoms with Crippen LogP contribution in [0.2, 0.25) is 5.02 Å². The van der Waals surface area contributed by atoms with Crippen molar-refractivity contribution >= 4 is 40.3 Å². The zero-order chi connectivity index (χ0) is 26.2. The van der Waals surface area contributed by atoms with Crippen LogP contribution in [-0.2, 0) is 0 Å². The number of nitrogens with zero attached hydrogens (tertiary/aromatic N) is 6. The third-order valence-corrected chi connectivity index (χ3v) is 6.99. The van der Waals surface area contributed by atoms with Gasteiger partial charge in [0.25, 0.3) is 5.56 Å². The number of anilines is 1. The quantitative estimate of drug-likeness (QED) is 0.283. The lowest BCUT2D eigenvalue weighted by molar-refractivity contribution is 0.851. The van der Waals surface area contributed by atoms with Gasteiger partial charge in [-0.1, -0.05) is 54.1 Å². The molecule has 0 aliphatic heterocycles. The molecule has 0 unspecified atom stereocenters. The van der Waals surface area contributed by atoms with Gasteiger partial charge in [0.2, 0.25) is 5.95 Å². The van der Waals surface area contributed by atoms with E-state index in [-0.39, 0.29) is 11.5 Å². The molecule has 3 aromatic heterocycles. The van der Waals surface area contributed by atoms with E-state index in [1.54, 1.807) is 45.8 Å². The van der Waals surface area contributed by atoms with Gasteiger partial charge in [0.1, 0.15) is 16.2 Å². The predicted molar refractivity (Wildman–Crippen MR) is 152 cm³/mol. The van der Waals surface area contributed by atoms with E-state index in [1.165, 1.54) is 11.8 Å². The van der Waals surface area contributed by atoms with Gasteiger partial charge in [-0.3, -0.25) is 9.36 Å². The maximum absolute atomic E-state index is 14.2. The Balaban J connectivity index is 1.62. The molecule has 0 aliphatic carbocycles. The van der Waals surface area contributed by atoms with Crippen molar-refractivity contribution in [3.63, 3.8) is 0 Å². The summed E-state index contributed by atoms with van der Waals surface area (Å²) in [7, 11) is 0. The molecule has 6 aromatic rings. The van der Waals surface area contributed by atoms with E-state index in [2.05, 4.69) is 9.97 Å². The Morgan fingerprint density at radius 3 is 2.24 bits per heavy atom. The van der Waals surface area contributed by atoms with Gasteiger partial charge in [0, 0.05) is 22.3 Å². The van der Waals surface area contributed by atoms with Crippen LogP contribution in [0.5, 0.6) is 0 Å². The second-order valence-corrected chi connectivity index (χ2v) is 9.62. The number of nitrogen functional groups attached to an aromatic ring is 1. The highest BCUT2D eigenvalue weighted by Crippen LogP contribution is 2.30. The topological polar surface area (TPSA) is 105 Å². The van der Waals surface area contributed by atoms with Crippen molar-refractivity contribution in [1.82, 2.24) is 29.3 Å². The molecular formula is C28H20ClN7OS. The van der Waals surface area contributed by atoms with Crippen molar-refractivity contribution in [1.29, 1.82) is 0 Å². The Bertz CT molecular complexity index is 1830. The Morgan fingerprint density at radius 2 is 1.55 bits per heavy atom. The Hall–Kier alpha value is -4.47. The van der Waals surface area contributed by atoms with Crippen molar-refractivity contribution in [2.45, 2.75) is 5.03 Å². The molecule has 0 saturated heterocycles. The summed E-state index contributed by atoms with van der Waals surface area (Å²) in [6.07, 6.45) is 3.52. The van der Waals surface area contributed by atoms with Gasteiger partial charge < -0.3 is 5.73 Å². The fraction of sp³-hybridized carbons (Fsp3) is 0.0357. The normalized spacial score (nSPS) is 11.2. The van der Waals surface area contributed by atoms with E-state index in [9.17, 15) is 4.79 Å². The van der Waals surface area contributed by atoms with E-state index >= 15 is 0 Å². The number of para-hydroxylation sites is 1. The highest BCUT2D eigenvalue weighted by Gasteiger charge is 2.22. The smallest absolute Gasteiger partial charge is 0.270 e. The molecule has 3 heterocycles. The Labute approximate surface area is 226 Å². The first-order valence-corrected chi connectivity index (χ1v) is 13.2. The maximum Gasteiger partial charge on any atom is 0.270 e. The first kappa shape index (κ1) is 23.9. The first-order valence-electron chi connectivity index (χ1n) is 11.6. The van der Waals surface area contributed by atoms with Gasteiger partial charge in [-0.15, -0.1) is 11.8 Å². The lowest BCUT2D eigenvalue weighted by Crippen LogP contribution is -2.22. The number of benzene rings is 3. The molecular weight excluding hydrogens is 518 g/mol. The van der Waals surface area contributed by atoms with Gasteiger partial charge >= 0.3 is 0 Å². The van der Waals surface area contributed by atoms with Gasteiger partial charge in [-0.25, -0.2) is 19.6 Å². The molecule has 186 valence electrons. The lowest BCUT2D eigenvalue weighted by atomic mass is 10.1. The number of rotatable bonds is 5. The highest BCUT2D eigenvalue weighted by molar-refractivity contribution is 7.98. The number of halogens is 1. The molecule has 0 radical (unpaired) electrons. The number of nitrogens with two attached hydrogens (primary N) is 1.